The molecule has 0 atom stereocenters. The van der Waals surface area contributed by atoms with Gasteiger partial charge in [0, 0.05) is 14.2 Å². The Morgan fingerprint density at radius 3 is 0.857 bits per heavy atom. The SMILES string of the molecule is COP(=O)(O)O.COP(=O)(O)O.Cl.Cl. The maximum absolute atomic E-state index is 9.47. The molecule has 0 aromatic heterocycles. The van der Waals surface area contributed by atoms with E-state index in [-0.39, 0.29) is 24.8 Å². The minimum atomic E-state index is -4.15. The molecule has 12 heteroatoms. The second-order valence-electron chi connectivity index (χ2n) is 1.35. The molecule has 0 fully saturated rings. The van der Waals surface area contributed by atoms with Gasteiger partial charge in [0.15, 0.2) is 0 Å². The molecule has 0 amide bonds. The molecule has 4 N–H and O–H groups in total. The lowest BCUT2D eigenvalue weighted by Gasteiger charge is -1.93. The van der Waals surface area contributed by atoms with Crippen molar-refractivity contribution in [1.29, 1.82) is 0 Å². The summed E-state index contributed by atoms with van der Waals surface area (Å²) >= 11 is 0. The van der Waals surface area contributed by atoms with Crippen LogP contribution in [-0.4, -0.2) is 33.8 Å². The fourth-order valence-electron chi connectivity index (χ4n) is 0. The van der Waals surface area contributed by atoms with Gasteiger partial charge in [0.25, 0.3) is 0 Å². The van der Waals surface area contributed by atoms with Crippen molar-refractivity contribution in [3.63, 3.8) is 0 Å². The van der Waals surface area contributed by atoms with Gasteiger partial charge in [-0.15, -0.1) is 24.8 Å². The van der Waals surface area contributed by atoms with Crippen LogP contribution < -0.4 is 0 Å². The number of halogens is 2. The minimum absolute atomic E-state index is 0. The molecule has 0 aliphatic carbocycles. The van der Waals surface area contributed by atoms with E-state index >= 15 is 0 Å². The van der Waals surface area contributed by atoms with Gasteiger partial charge in [-0.3, -0.25) is 9.05 Å². The van der Waals surface area contributed by atoms with Crippen LogP contribution in [0.15, 0.2) is 0 Å². The van der Waals surface area contributed by atoms with Crippen LogP contribution in [0.3, 0.4) is 0 Å². The molecule has 0 bridgehead atoms. The number of phosphoric ester groups is 2. The highest BCUT2D eigenvalue weighted by atomic mass is 35.5. The summed E-state index contributed by atoms with van der Waals surface area (Å²) in [5, 5.41) is 0. The van der Waals surface area contributed by atoms with Crippen molar-refractivity contribution in [3.05, 3.63) is 0 Å². The summed E-state index contributed by atoms with van der Waals surface area (Å²) < 4.78 is 26.2. The van der Waals surface area contributed by atoms with Gasteiger partial charge in [-0.2, -0.15) is 0 Å². The fraction of sp³-hybridized carbons (Fsp3) is 1.00. The van der Waals surface area contributed by atoms with E-state index in [1.807, 2.05) is 0 Å². The van der Waals surface area contributed by atoms with Gasteiger partial charge in [-0.1, -0.05) is 0 Å². The molecular formula is C2H12Cl2O8P2. The van der Waals surface area contributed by atoms with E-state index in [0.717, 1.165) is 14.2 Å². The Balaban J connectivity index is -0.0000000625. The molecule has 0 saturated carbocycles. The molecule has 0 unspecified atom stereocenters. The van der Waals surface area contributed by atoms with E-state index in [2.05, 4.69) is 9.05 Å². The predicted molar refractivity (Wildman–Crippen MR) is 52.6 cm³/mol. The Hall–Kier alpha value is 0.800. The molecule has 0 saturated heterocycles. The molecule has 8 nitrogen and oxygen atoms in total. The highest BCUT2D eigenvalue weighted by Gasteiger charge is 2.07. The van der Waals surface area contributed by atoms with E-state index in [9.17, 15) is 9.13 Å². The molecule has 14 heavy (non-hydrogen) atoms. The molecule has 0 rings (SSSR count). The zero-order valence-electron chi connectivity index (χ0n) is 7.13. The largest absolute Gasteiger partial charge is 0.469 e. The summed E-state index contributed by atoms with van der Waals surface area (Å²) in [6, 6.07) is 0. The van der Waals surface area contributed by atoms with Crippen molar-refractivity contribution >= 4 is 40.5 Å². The first kappa shape index (κ1) is 24.2. The molecule has 0 aromatic rings. The first-order valence-electron chi connectivity index (χ1n) is 2.35. The quantitative estimate of drug-likeness (QED) is 0.534. The van der Waals surface area contributed by atoms with Crippen LogP contribution in [0.4, 0.5) is 0 Å². The van der Waals surface area contributed by atoms with E-state index in [4.69, 9.17) is 19.6 Å². The van der Waals surface area contributed by atoms with Crippen LogP contribution in [0.1, 0.15) is 0 Å². The van der Waals surface area contributed by atoms with Crippen LogP contribution in [0.25, 0.3) is 0 Å². The topological polar surface area (TPSA) is 134 Å². The lowest BCUT2D eigenvalue weighted by molar-refractivity contribution is 0.233. The van der Waals surface area contributed by atoms with E-state index in [1.165, 1.54) is 0 Å². The first-order chi connectivity index (χ1) is 5.12. The van der Waals surface area contributed by atoms with Gasteiger partial charge in [-0.05, 0) is 0 Å². The molecule has 0 aliphatic rings. The lowest BCUT2D eigenvalue weighted by atomic mass is 11.8. The monoisotopic (exact) mass is 296 g/mol. The van der Waals surface area contributed by atoms with Gasteiger partial charge in [-0.25, -0.2) is 9.13 Å². The molecule has 0 aliphatic heterocycles. The zero-order valence-corrected chi connectivity index (χ0v) is 10.6. The van der Waals surface area contributed by atoms with Crippen LogP contribution in [0.2, 0.25) is 0 Å². The summed E-state index contributed by atoms with van der Waals surface area (Å²) in [5.41, 5.74) is 0. The fourth-order valence-corrected chi connectivity index (χ4v) is 0. The van der Waals surface area contributed by atoms with E-state index in [1.54, 1.807) is 0 Å². The van der Waals surface area contributed by atoms with E-state index in [0.29, 0.717) is 0 Å². The highest BCUT2D eigenvalue weighted by molar-refractivity contribution is 7.46. The van der Waals surface area contributed by atoms with Crippen LogP contribution in [-0.2, 0) is 18.2 Å². The van der Waals surface area contributed by atoms with Crippen molar-refractivity contribution in [2.45, 2.75) is 0 Å². The zero-order chi connectivity index (χ0) is 10.4. The third-order valence-electron chi connectivity index (χ3n) is 0.476. The molecular weight excluding hydrogens is 285 g/mol. The maximum atomic E-state index is 9.47. The average molecular weight is 297 g/mol. The number of phosphoric acid groups is 2. The second-order valence-corrected chi connectivity index (χ2v) is 4.04. The first-order valence-corrected chi connectivity index (χ1v) is 5.41. The Morgan fingerprint density at radius 1 is 0.786 bits per heavy atom. The Bertz CT molecular complexity index is 174. The predicted octanol–water partition coefficient (Wildman–Crippen LogP) is 0.295. The van der Waals surface area contributed by atoms with Crippen LogP contribution in [0, 0.1) is 0 Å². The normalized spacial score (nSPS) is 10.1. The van der Waals surface area contributed by atoms with Gasteiger partial charge in [0.05, 0.1) is 0 Å². The summed E-state index contributed by atoms with van der Waals surface area (Å²) in [6.07, 6.45) is 0. The van der Waals surface area contributed by atoms with Crippen molar-refractivity contribution in [1.82, 2.24) is 0 Å². The number of hydrogen-bond acceptors (Lipinski definition) is 4. The Kier molecular flexibility index (Phi) is 17.8. The van der Waals surface area contributed by atoms with Gasteiger partial charge < -0.3 is 19.6 Å². The van der Waals surface area contributed by atoms with Crippen molar-refractivity contribution in [3.8, 4) is 0 Å². The average Bonchev–Trinajstić information content (AvgIpc) is 1.86. The Labute approximate surface area is 92.9 Å². The summed E-state index contributed by atoms with van der Waals surface area (Å²) in [6.45, 7) is 0. The lowest BCUT2D eigenvalue weighted by Crippen LogP contribution is -1.76. The second kappa shape index (κ2) is 10.3. The number of hydrogen-bond donors (Lipinski definition) is 4. The smallest absolute Gasteiger partial charge is 0.303 e. The van der Waals surface area contributed by atoms with E-state index < -0.39 is 15.6 Å². The maximum Gasteiger partial charge on any atom is 0.469 e. The van der Waals surface area contributed by atoms with Crippen molar-refractivity contribution < 1.29 is 37.8 Å². The van der Waals surface area contributed by atoms with Crippen molar-refractivity contribution in [2.75, 3.05) is 14.2 Å². The summed E-state index contributed by atoms with van der Waals surface area (Å²) in [5.74, 6) is 0. The van der Waals surface area contributed by atoms with Gasteiger partial charge in [0.1, 0.15) is 0 Å². The van der Waals surface area contributed by atoms with Gasteiger partial charge >= 0.3 is 15.6 Å². The third-order valence-corrected chi connectivity index (χ3v) is 1.43. The molecule has 0 aromatic carbocycles. The standard InChI is InChI=1S/2CH5O4P.2ClH/c2*1-5-6(2,3)4;;/h2*1H3,(H2,2,3,4);2*1H. The van der Waals surface area contributed by atoms with Gasteiger partial charge in [0.2, 0.25) is 0 Å². The molecule has 0 heterocycles. The minimum Gasteiger partial charge on any atom is -0.303 e. The third kappa shape index (κ3) is 38.5. The number of rotatable bonds is 2. The summed E-state index contributed by atoms with van der Waals surface area (Å²) in [4.78, 5) is 30.9. The van der Waals surface area contributed by atoms with Crippen LogP contribution >= 0.6 is 40.5 Å². The molecule has 92 valence electrons. The Morgan fingerprint density at radius 2 is 0.857 bits per heavy atom. The molecule has 0 radical (unpaired) electrons. The van der Waals surface area contributed by atoms with Crippen molar-refractivity contribution in [2.24, 2.45) is 0 Å². The van der Waals surface area contributed by atoms with Crippen LogP contribution in [0.5, 0.6) is 0 Å². The summed E-state index contributed by atoms with van der Waals surface area (Å²) in [7, 11) is -6.40. The highest BCUT2D eigenvalue weighted by Crippen LogP contribution is 2.33. The molecule has 0 spiro atoms.